The average molecular weight is 285 g/mol. The van der Waals surface area contributed by atoms with Crippen LogP contribution >= 0.6 is 11.6 Å². The molecule has 0 heterocycles. The van der Waals surface area contributed by atoms with Crippen molar-refractivity contribution in [3.63, 3.8) is 0 Å². The lowest BCUT2D eigenvalue weighted by atomic mass is 10.1. The molecule has 1 atom stereocenters. The molecule has 0 saturated heterocycles. The predicted molar refractivity (Wildman–Crippen MR) is 72.7 cm³/mol. The predicted octanol–water partition coefficient (Wildman–Crippen LogP) is 1.02. The second-order valence-electron chi connectivity index (χ2n) is 4.10. The lowest BCUT2D eigenvalue weighted by Gasteiger charge is -2.11. The van der Waals surface area contributed by atoms with Gasteiger partial charge in [-0.25, -0.2) is 0 Å². The van der Waals surface area contributed by atoms with Crippen LogP contribution in [0.15, 0.2) is 24.3 Å². The SMILES string of the molecule is CC(=O)NCCNC(=O)CC(O)c1ccc(Cl)cc1. The summed E-state index contributed by atoms with van der Waals surface area (Å²) in [6.45, 7) is 2.12. The summed E-state index contributed by atoms with van der Waals surface area (Å²) < 4.78 is 0. The number of hydrogen-bond donors (Lipinski definition) is 3. The van der Waals surface area contributed by atoms with Gasteiger partial charge in [-0.05, 0) is 17.7 Å². The fraction of sp³-hybridized carbons (Fsp3) is 0.385. The molecule has 0 saturated carbocycles. The third-order valence-electron chi connectivity index (χ3n) is 2.45. The van der Waals surface area contributed by atoms with Crippen molar-refractivity contribution < 1.29 is 14.7 Å². The first-order chi connectivity index (χ1) is 8.99. The molecular weight excluding hydrogens is 268 g/mol. The molecule has 6 heteroatoms. The average Bonchev–Trinajstić information content (AvgIpc) is 2.35. The first kappa shape index (κ1) is 15.5. The number of halogens is 1. The van der Waals surface area contributed by atoms with E-state index in [1.165, 1.54) is 6.92 Å². The summed E-state index contributed by atoms with van der Waals surface area (Å²) in [6, 6.07) is 6.68. The van der Waals surface area contributed by atoms with Gasteiger partial charge in [0.25, 0.3) is 0 Å². The molecule has 0 fully saturated rings. The first-order valence-corrected chi connectivity index (χ1v) is 6.31. The molecule has 0 aliphatic carbocycles. The molecule has 0 spiro atoms. The van der Waals surface area contributed by atoms with Crippen LogP contribution in [0.4, 0.5) is 0 Å². The van der Waals surface area contributed by atoms with E-state index in [1.807, 2.05) is 0 Å². The molecule has 3 N–H and O–H groups in total. The highest BCUT2D eigenvalue weighted by atomic mass is 35.5. The van der Waals surface area contributed by atoms with Crippen LogP contribution in [0.1, 0.15) is 25.0 Å². The van der Waals surface area contributed by atoms with Crippen molar-refractivity contribution in [2.24, 2.45) is 0 Å². The summed E-state index contributed by atoms with van der Waals surface area (Å²) in [5, 5.41) is 15.6. The molecule has 0 radical (unpaired) electrons. The van der Waals surface area contributed by atoms with Crippen molar-refractivity contribution in [1.82, 2.24) is 10.6 Å². The van der Waals surface area contributed by atoms with Crippen LogP contribution in [0, 0.1) is 0 Å². The van der Waals surface area contributed by atoms with E-state index in [1.54, 1.807) is 24.3 Å². The molecule has 0 aliphatic heterocycles. The Morgan fingerprint density at radius 1 is 1.21 bits per heavy atom. The quantitative estimate of drug-likeness (QED) is 0.683. The number of benzene rings is 1. The fourth-order valence-electron chi connectivity index (χ4n) is 1.49. The minimum atomic E-state index is -0.863. The molecule has 0 aliphatic rings. The van der Waals surface area contributed by atoms with Crippen LogP contribution in [0.5, 0.6) is 0 Å². The lowest BCUT2D eigenvalue weighted by molar-refractivity contribution is -0.123. The highest BCUT2D eigenvalue weighted by molar-refractivity contribution is 6.30. The van der Waals surface area contributed by atoms with E-state index in [9.17, 15) is 14.7 Å². The minimum Gasteiger partial charge on any atom is -0.388 e. The van der Waals surface area contributed by atoms with Crippen LogP contribution in [0.2, 0.25) is 5.02 Å². The van der Waals surface area contributed by atoms with Gasteiger partial charge in [-0.15, -0.1) is 0 Å². The number of rotatable bonds is 6. The largest absolute Gasteiger partial charge is 0.388 e. The Kier molecular flexibility index (Phi) is 6.32. The van der Waals surface area contributed by atoms with Gasteiger partial charge in [0.15, 0.2) is 0 Å². The lowest BCUT2D eigenvalue weighted by Crippen LogP contribution is -2.34. The first-order valence-electron chi connectivity index (χ1n) is 5.93. The van der Waals surface area contributed by atoms with Gasteiger partial charge in [0.1, 0.15) is 0 Å². The number of carbonyl (C=O) groups is 2. The van der Waals surface area contributed by atoms with Crippen molar-refractivity contribution in [2.45, 2.75) is 19.4 Å². The zero-order valence-electron chi connectivity index (χ0n) is 10.6. The van der Waals surface area contributed by atoms with Crippen LogP contribution in [0.3, 0.4) is 0 Å². The smallest absolute Gasteiger partial charge is 0.223 e. The Labute approximate surface area is 117 Å². The molecule has 1 rings (SSSR count). The number of nitrogens with one attached hydrogen (secondary N) is 2. The summed E-state index contributed by atoms with van der Waals surface area (Å²) in [5.74, 6) is -0.414. The molecule has 5 nitrogen and oxygen atoms in total. The van der Waals surface area contributed by atoms with Crippen molar-refractivity contribution in [3.8, 4) is 0 Å². The Balaban J connectivity index is 2.31. The highest BCUT2D eigenvalue weighted by Gasteiger charge is 2.12. The van der Waals surface area contributed by atoms with Gasteiger partial charge < -0.3 is 15.7 Å². The third-order valence-corrected chi connectivity index (χ3v) is 2.71. The monoisotopic (exact) mass is 284 g/mol. The molecule has 104 valence electrons. The Morgan fingerprint density at radius 3 is 2.37 bits per heavy atom. The number of aliphatic hydroxyl groups excluding tert-OH is 1. The third kappa shape index (κ3) is 6.22. The van der Waals surface area contributed by atoms with E-state index in [2.05, 4.69) is 10.6 Å². The van der Waals surface area contributed by atoms with Gasteiger partial charge in [-0.2, -0.15) is 0 Å². The topological polar surface area (TPSA) is 78.4 Å². The Hall–Kier alpha value is -1.59. The molecule has 0 aromatic heterocycles. The summed E-state index contributed by atoms with van der Waals surface area (Å²) in [4.78, 5) is 22.1. The second kappa shape index (κ2) is 7.76. The van der Waals surface area contributed by atoms with E-state index < -0.39 is 6.10 Å². The molecule has 0 bridgehead atoms. The summed E-state index contributed by atoms with van der Waals surface area (Å²) in [6.07, 6.45) is -0.889. The standard InChI is InChI=1S/C13H17ClN2O3/c1-9(17)15-6-7-16-13(19)8-12(18)10-2-4-11(14)5-3-10/h2-5,12,18H,6-8H2,1H3,(H,15,17)(H,16,19). The van der Waals surface area contributed by atoms with Crippen molar-refractivity contribution in [1.29, 1.82) is 0 Å². The van der Waals surface area contributed by atoms with E-state index in [4.69, 9.17) is 11.6 Å². The van der Waals surface area contributed by atoms with E-state index in [0.29, 0.717) is 23.7 Å². The highest BCUT2D eigenvalue weighted by Crippen LogP contribution is 2.18. The Morgan fingerprint density at radius 2 is 1.79 bits per heavy atom. The van der Waals surface area contributed by atoms with Crippen LogP contribution in [-0.4, -0.2) is 30.0 Å². The van der Waals surface area contributed by atoms with E-state index in [-0.39, 0.29) is 18.2 Å². The van der Waals surface area contributed by atoms with Gasteiger partial charge in [0.05, 0.1) is 12.5 Å². The van der Waals surface area contributed by atoms with Gasteiger partial charge in [0.2, 0.25) is 11.8 Å². The molecular formula is C13H17ClN2O3. The maximum absolute atomic E-state index is 11.5. The molecule has 1 aromatic carbocycles. The molecule has 1 unspecified atom stereocenters. The van der Waals surface area contributed by atoms with Crippen LogP contribution < -0.4 is 10.6 Å². The molecule has 19 heavy (non-hydrogen) atoms. The van der Waals surface area contributed by atoms with Gasteiger partial charge in [-0.3, -0.25) is 9.59 Å². The van der Waals surface area contributed by atoms with Crippen LogP contribution in [0.25, 0.3) is 0 Å². The molecule has 1 aromatic rings. The number of hydrogen-bond acceptors (Lipinski definition) is 3. The van der Waals surface area contributed by atoms with Gasteiger partial charge in [0, 0.05) is 25.0 Å². The van der Waals surface area contributed by atoms with Crippen molar-refractivity contribution in [2.75, 3.05) is 13.1 Å². The number of amides is 2. The minimum absolute atomic E-state index is 0.0261. The number of carbonyl (C=O) groups excluding carboxylic acids is 2. The second-order valence-corrected chi connectivity index (χ2v) is 4.54. The summed E-state index contributed by atoms with van der Waals surface area (Å²) >= 11 is 5.74. The maximum Gasteiger partial charge on any atom is 0.223 e. The zero-order chi connectivity index (χ0) is 14.3. The molecule has 2 amide bonds. The maximum atomic E-state index is 11.5. The van der Waals surface area contributed by atoms with Gasteiger partial charge >= 0.3 is 0 Å². The van der Waals surface area contributed by atoms with Crippen molar-refractivity contribution >= 4 is 23.4 Å². The normalized spacial score (nSPS) is 11.7. The summed E-state index contributed by atoms with van der Waals surface area (Å²) in [5.41, 5.74) is 0.640. The number of aliphatic hydroxyl groups is 1. The summed E-state index contributed by atoms with van der Waals surface area (Å²) in [7, 11) is 0. The fourth-order valence-corrected chi connectivity index (χ4v) is 1.62. The van der Waals surface area contributed by atoms with E-state index >= 15 is 0 Å². The van der Waals surface area contributed by atoms with Gasteiger partial charge in [-0.1, -0.05) is 23.7 Å². The van der Waals surface area contributed by atoms with Crippen LogP contribution in [-0.2, 0) is 9.59 Å². The Bertz CT molecular complexity index is 434. The van der Waals surface area contributed by atoms with Crippen molar-refractivity contribution in [3.05, 3.63) is 34.9 Å². The van der Waals surface area contributed by atoms with E-state index in [0.717, 1.165) is 0 Å². The zero-order valence-corrected chi connectivity index (χ0v) is 11.4.